The molecule has 2 nitrogen and oxygen atoms in total. The number of alkyl halides is 3. The third kappa shape index (κ3) is 3.06. The van der Waals surface area contributed by atoms with Crippen molar-refractivity contribution in [2.75, 3.05) is 6.61 Å². The second kappa shape index (κ2) is 4.75. The fraction of sp³-hybridized carbons (Fsp3) is 0.727. The fourth-order valence-corrected chi connectivity index (χ4v) is 2.66. The molecule has 0 aromatic carbocycles. The lowest BCUT2D eigenvalue weighted by atomic mass is 9.94. The standard InChI is InChI=1S/C11H13Cl3O2/c12-11(13,14)3-4-16-10(15)9-6-7-1-2-8(9)5-7/h1-2,7-9H,3-6H2. The Morgan fingerprint density at radius 2 is 2.06 bits per heavy atom. The number of allylic oxidation sites excluding steroid dienone is 2. The van der Waals surface area contributed by atoms with Gasteiger partial charge in [-0.05, 0) is 24.7 Å². The van der Waals surface area contributed by atoms with Crippen molar-refractivity contribution in [1.82, 2.24) is 0 Å². The van der Waals surface area contributed by atoms with E-state index in [-0.39, 0.29) is 24.9 Å². The van der Waals surface area contributed by atoms with Gasteiger partial charge in [-0.2, -0.15) is 0 Å². The van der Waals surface area contributed by atoms with Gasteiger partial charge in [0.1, 0.15) is 0 Å². The van der Waals surface area contributed by atoms with Gasteiger partial charge in [-0.1, -0.05) is 47.0 Å². The van der Waals surface area contributed by atoms with Crippen LogP contribution in [0.4, 0.5) is 0 Å². The third-order valence-electron chi connectivity index (χ3n) is 3.21. The molecule has 0 heterocycles. The highest BCUT2D eigenvalue weighted by atomic mass is 35.6. The zero-order chi connectivity index (χ0) is 11.8. The summed E-state index contributed by atoms with van der Waals surface area (Å²) in [6.45, 7) is 0.174. The van der Waals surface area contributed by atoms with Gasteiger partial charge in [0.25, 0.3) is 0 Å². The summed E-state index contributed by atoms with van der Waals surface area (Å²) < 4.78 is 3.79. The Bertz CT molecular complexity index is 309. The second-order valence-corrected chi connectivity index (χ2v) is 6.94. The van der Waals surface area contributed by atoms with Crippen molar-refractivity contribution in [3.05, 3.63) is 12.2 Å². The Morgan fingerprint density at radius 3 is 2.56 bits per heavy atom. The first-order chi connectivity index (χ1) is 7.46. The second-order valence-electron chi connectivity index (χ2n) is 4.42. The molecule has 2 aliphatic carbocycles. The van der Waals surface area contributed by atoms with Gasteiger partial charge in [-0.3, -0.25) is 4.79 Å². The van der Waals surface area contributed by atoms with Gasteiger partial charge >= 0.3 is 5.97 Å². The molecule has 0 aromatic rings. The number of hydrogen-bond acceptors (Lipinski definition) is 2. The van der Waals surface area contributed by atoms with Crippen LogP contribution in [-0.2, 0) is 9.53 Å². The quantitative estimate of drug-likeness (QED) is 0.450. The van der Waals surface area contributed by atoms with E-state index in [1.54, 1.807) is 0 Å². The third-order valence-corrected chi connectivity index (χ3v) is 3.78. The minimum absolute atomic E-state index is 0.0189. The predicted octanol–water partition coefficient (Wildman–Crippen LogP) is 3.50. The molecule has 2 bridgehead atoms. The Balaban J connectivity index is 1.75. The van der Waals surface area contributed by atoms with E-state index in [4.69, 9.17) is 39.5 Å². The Morgan fingerprint density at radius 1 is 1.31 bits per heavy atom. The van der Waals surface area contributed by atoms with Crippen molar-refractivity contribution < 1.29 is 9.53 Å². The molecule has 3 atom stereocenters. The van der Waals surface area contributed by atoms with Crippen LogP contribution in [0.3, 0.4) is 0 Å². The van der Waals surface area contributed by atoms with Crippen LogP contribution in [0.15, 0.2) is 12.2 Å². The molecule has 1 saturated carbocycles. The van der Waals surface area contributed by atoms with Gasteiger partial charge in [0.2, 0.25) is 0 Å². The van der Waals surface area contributed by atoms with Gasteiger partial charge in [0, 0.05) is 6.42 Å². The van der Waals surface area contributed by atoms with Crippen molar-refractivity contribution in [1.29, 1.82) is 0 Å². The van der Waals surface area contributed by atoms with Crippen molar-refractivity contribution >= 4 is 40.8 Å². The molecular weight excluding hydrogens is 270 g/mol. The van der Waals surface area contributed by atoms with Crippen molar-refractivity contribution in [3.63, 3.8) is 0 Å². The lowest BCUT2D eigenvalue weighted by molar-refractivity contribution is -0.149. The summed E-state index contributed by atoms with van der Waals surface area (Å²) in [7, 11) is 0. The number of fused-ring (bicyclic) bond motifs is 2. The topological polar surface area (TPSA) is 26.3 Å². The highest BCUT2D eigenvalue weighted by Gasteiger charge is 2.40. The number of carbonyl (C=O) groups excluding carboxylic acids is 1. The van der Waals surface area contributed by atoms with Crippen molar-refractivity contribution in [3.8, 4) is 0 Å². The van der Waals surface area contributed by atoms with Crippen LogP contribution < -0.4 is 0 Å². The van der Waals surface area contributed by atoms with Gasteiger partial charge < -0.3 is 4.74 Å². The normalized spacial score (nSPS) is 32.1. The van der Waals surface area contributed by atoms with E-state index in [1.807, 2.05) is 0 Å². The number of ether oxygens (including phenoxy) is 1. The molecule has 0 aliphatic heterocycles. The molecule has 0 N–H and O–H groups in total. The first kappa shape index (κ1) is 12.5. The van der Waals surface area contributed by atoms with Crippen LogP contribution in [-0.4, -0.2) is 16.4 Å². The number of halogens is 3. The summed E-state index contributed by atoms with van der Waals surface area (Å²) in [5.41, 5.74) is 0. The highest BCUT2D eigenvalue weighted by Crippen LogP contribution is 2.44. The van der Waals surface area contributed by atoms with E-state index in [1.165, 1.54) is 0 Å². The molecule has 0 radical (unpaired) electrons. The first-order valence-electron chi connectivity index (χ1n) is 5.37. The summed E-state index contributed by atoms with van der Waals surface area (Å²) >= 11 is 16.7. The summed E-state index contributed by atoms with van der Waals surface area (Å²) in [6.07, 6.45) is 6.54. The Labute approximate surface area is 110 Å². The molecule has 2 rings (SSSR count). The maximum absolute atomic E-state index is 11.7. The van der Waals surface area contributed by atoms with E-state index in [2.05, 4.69) is 12.2 Å². The minimum atomic E-state index is -1.34. The van der Waals surface area contributed by atoms with Crippen LogP contribution in [0.2, 0.25) is 0 Å². The zero-order valence-corrected chi connectivity index (χ0v) is 10.9. The Kier molecular flexibility index (Phi) is 3.72. The lowest BCUT2D eigenvalue weighted by Gasteiger charge is -2.17. The molecule has 0 amide bonds. The maximum atomic E-state index is 11.7. The monoisotopic (exact) mass is 282 g/mol. The highest BCUT2D eigenvalue weighted by molar-refractivity contribution is 6.67. The molecular formula is C11H13Cl3O2. The van der Waals surface area contributed by atoms with E-state index in [0.29, 0.717) is 11.8 Å². The molecule has 1 fully saturated rings. The van der Waals surface area contributed by atoms with Crippen LogP contribution in [0.5, 0.6) is 0 Å². The van der Waals surface area contributed by atoms with Crippen LogP contribution >= 0.6 is 34.8 Å². The van der Waals surface area contributed by atoms with Gasteiger partial charge in [-0.15, -0.1) is 0 Å². The van der Waals surface area contributed by atoms with Crippen LogP contribution in [0.1, 0.15) is 19.3 Å². The maximum Gasteiger partial charge on any atom is 0.309 e. The largest absolute Gasteiger partial charge is 0.465 e. The average molecular weight is 284 g/mol. The molecule has 16 heavy (non-hydrogen) atoms. The summed E-state index contributed by atoms with van der Waals surface area (Å²) in [5, 5.41) is 0. The van der Waals surface area contributed by atoms with Crippen molar-refractivity contribution in [2.45, 2.75) is 23.1 Å². The molecule has 3 unspecified atom stereocenters. The first-order valence-corrected chi connectivity index (χ1v) is 6.51. The minimum Gasteiger partial charge on any atom is -0.465 e. The van der Waals surface area contributed by atoms with E-state index < -0.39 is 3.79 Å². The number of rotatable bonds is 3. The van der Waals surface area contributed by atoms with Gasteiger partial charge in [0.05, 0.1) is 12.5 Å². The molecule has 0 saturated heterocycles. The van der Waals surface area contributed by atoms with Gasteiger partial charge in [-0.25, -0.2) is 0 Å². The molecule has 0 spiro atoms. The van der Waals surface area contributed by atoms with Crippen LogP contribution in [0, 0.1) is 17.8 Å². The van der Waals surface area contributed by atoms with E-state index in [0.717, 1.165) is 12.8 Å². The molecule has 0 aromatic heterocycles. The van der Waals surface area contributed by atoms with Gasteiger partial charge in [0.15, 0.2) is 3.79 Å². The van der Waals surface area contributed by atoms with E-state index >= 15 is 0 Å². The summed E-state index contributed by atoms with van der Waals surface area (Å²) in [6, 6.07) is 0. The van der Waals surface area contributed by atoms with Crippen LogP contribution in [0.25, 0.3) is 0 Å². The average Bonchev–Trinajstić information content (AvgIpc) is 2.76. The smallest absolute Gasteiger partial charge is 0.309 e. The fourth-order valence-electron chi connectivity index (χ4n) is 2.43. The van der Waals surface area contributed by atoms with Crippen molar-refractivity contribution in [2.24, 2.45) is 17.8 Å². The molecule has 90 valence electrons. The summed E-state index contributed by atoms with van der Waals surface area (Å²) in [5.74, 6) is 0.803. The lowest BCUT2D eigenvalue weighted by Crippen LogP contribution is -2.23. The number of hydrogen-bond donors (Lipinski definition) is 0. The molecule has 5 heteroatoms. The Hall–Kier alpha value is 0.0800. The predicted molar refractivity (Wildman–Crippen MR) is 64.7 cm³/mol. The molecule has 2 aliphatic rings. The summed E-state index contributed by atoms with van der Waals surface area (Å²) in [4.78, 5) is 11.7. The zero-order valence-electron chi connectivity index (χ0n) is 8.67. The number of esters is 1. The number of carbonyl (C=O) groups is 1. The SMILES string of the molecule is O=C(OCCC(Cl)(Cl)Cl)C1CC2C=CC1C2. The van der Waals surface area contributed by atoms with E-state index in [9.17, 15) is 4.79 Å².